The third kappa shape index (κ3) is 4.77. The molecule has 3 aromatic carbocycles. The lowest BCUT2D eigenvalue weighted by Crippen LogP contribution is -2.15. The van der Waals surface area contributed by atoms with E-state index in [0.29, 0.717) is 28.5 Å². The minimum Gasteiger partial charge on any atom is -0.491 e. The number of aromatic nitrogens is 2. The summed E-state index contributed by atoms with van der Waals surface area (Å²) in [7, 11) is 1.75. The van der Waals surface area contributed by atoms with Crippen molar-refractivity contribution in [2.24, 2.45) is 0 Å². The monoisotopic (exact) mass is 444 g/mol. The van der Waals surface area contributed by atoms with Crippen LogP contribution in [-0.2, 0) is 0 Å². The number of nitrogens with zero attached hydrogens (tertiary/aromatic N) is 2. The molecule has 168 valence electrons. The average Bonchev–Trinajstić information content (AvgIpc) is 2.78. The molecule has 6 nitrogen and oxygen atoms in total. The maximum absolute atomic E-state index is 15.6. The van der Waals surface area contributed by atoms with Crippen molar-refractivity contribution in [1.82, 2.24) is 9.97 Å². The van der Waals surface area contributed by atoms with E-state index in [9.17, 15) is 4.79 Å². The number of hydrogen-bond donors (Lipinski definition) is 2. The zero-order valence-corrected chi connectivity index (χ0v) is 18.9. The fraction of sp³-hybridized carbons (Fsp3) is 0.192. The van der Waals surface area contributed by atoms with Crippen LogP contribution in [0.3, 0.4) is 0 Å². The first-order valence-corrected chi connectivity index (χ1v) is 10.7. The third-order valence-electron chi connectivity index (χ3n) is 5.15. The van der Waals surface area contributed by atoms with Crippen LogP contribution in [0.5, 0.6) is 5.75 Å². The van der Waals surface area contributed by atoms with Gasteiger partial charge in [0.15, 0.2) is 0 Å². The molecule has 0 radical (unpaired) electrons. The first-order chi connectivity index (χ1) is 15.9. The zero-order chi connectivity index (χ0) is 23.5. The summed E-state index contributed by atoms with van der Waals surface area (Å²) in [5.74, 6) is 0.0410. The van der Waals surface area contributed by atoms with E-state index in [4.69, 9.17) is 4.74 Å². The summed E-state index contributed by atoms with van der Waals surface area (Å²) < 4.78 is 21.3. The summed E-state index contributed by atoms with van der Waals surface area (Å²) in [6, 6.07) is 15.7. The number of benzene rings is 3. The van der Waals surface area contributed by atoms with Crippen LogP contribution in [0.25, 0.3) is 22.0 Å². The van der Waals surface area contributed by atoms with Gasteiger partial charge in [0.25, 0.3) is 5.91 Å². The SMILES string of the molecule is CNc1ncc2cc(-c3c(C)ccc(C(=O)Nc4cccc(OC(C)C)c4)c3F)ccc2n1. The van der Waals surface area contributed by atoms with Crippen molar-refractivity contribution < 1.29 is 13.9 Å². The van der Waals surface area contributed by atoms with Crippen LogP contribution in [0.15, 0.2) is 60.8 Å². The maximum atomic E-state index is 15.6. The van der Waals surface area contributed by atoms with Gasteiger partial charge in [-0.3, -0.25) is 4.79 Å². The minimum atomic E-state index is -0.575. The number of ether oxygens (including phenoxy) is 1. The van der Waals surface area contributed by atoms with Gasteiger partial charge in [-0.2, -0.15) is 0 Å². The Morgan fingerprint density at radius 2 is 1.91 bits per heavy atom. The van der Waals surface area contributed by atoms with Crippen LogP contribution in [0.2, 0.25) is 0 Å². The number of amides is 1. The first-order valence-electron chi connectivity index (χ1n) is 10.7. The molecule has 0 aliphatic carbocycles. The quantitative estimate of drug-likeness (QED) is 0.392. The van der Waals surface area contributed by atoms with Gasteiger partial charge in [-0.05, 0) is 62.2 Å². The lowest BCUT2D eigenvalue weighted by atomic mass is 9.96. The van der Waals surface area contributed by atoms with Gasteiger partial charge in [-0.15, -0.1) is 0 Å². The van der Waals surface area contributed by atoms with Gasteiger partial charge < -0.3 is 15.4 Å². The summed E-state index contributed by atoms with van der Waals surface area (Å²) in [4.78, 5) is 21.6. The van der Waals surface area contributed by atoms with Gasteiger partial charge >= 0.3 is 0 Å². The standard InChI is InChI=1S/C26H25FN4O2/c1-15(2)33-20-7-5-6-19(13-20)30-25(32)21-10-8-16(3)23(24(21)27)17-9-11-22-18(12-17)14-29-26(28-4)31-22/h5-15H,1-4H3,(H,30,32)(H,28,29,31). The zero-order valence-electron chi connectivity index (χ0n) is 18.9. The van der Waals surface area contributed by atoms with Gasteiger partial charge in [-0.1, -0.05) is 18.2 Å². The smallest absolute Gasteiger partial charge is 0.258 e. The van der Waals surface area contributed by atoms with Crippen molar-refractivity contribution >= 4 is 28.4 Å². The molecule has 1 aromatic heterocycles. The number of anilines is 2. The molecule has 0 aliphatic heterocycles. The predicted molar refractivity (Wildman–Crippen MR) is 129 cm³/mol. The lowest BCUT2D eigenvalue weighted by molar-refractivity contribution is 0.102. The highest BCUT2D eigenvalue weighted by molar-refractivity contribution is 6.05. The molecule has 1 heterocycles. The summed E-state index contributed by atoms with van der Waals surface area (Å²) in [6.45, 7) is 5.66. The molecule has 0 saturated carbocycles. The van der Waals surface area contributed by atoms with Gasteiger partial charge in [0.05, 0.1) is 17.2 Å². The molecule has 1 amide bonds. The Bertz CT molecular complexity index is 1340. The third-order valence-corrected chi connectivity index (χ3v) is 5.15. The maximum Gasteiger partial charge on any atom is 0.258 e. The van der Waals surface area contributed by atoms with Crippen molar-refractivity contribution in [3.63, 3.8) is 0 Å². The molecule has 0 spiro atoms. The van der Waals surface area contributed by atoms with Crippen molar-refractivity contribution in [3.8, 4) is 16.9 Å². The number of fused-ring (bicyclic) bond motifs is 1. The number of nitrogens with one attached hydrogen (secondary N) is 2. The largest absolute Gasteiger partial charge is 0.491 e. The van der Waals surface area contributed by atoms with E-state index in [-0.39, 0.29) is 11.7 Å². The average molecular weight is 445 g/mol. The van der Waals surface area contributed by atoms with Crippen LogP contribution < -0.4 is 15.4 Å². The fourth-order valence-electron chi connectivity index (χ4n) is 3.63. The highest BCUT2D eigenvalue weighted by atomic mass is 19.1. The molecule has 4 rings (SSSR count). The number of carbonyl (C=O) groups excluding carboxylic acids is 1. The number of halogens is 1. The minimum absolute atomic E-state index is 0.00484. The van der Waals surface area contributed by atoms with Crippen molar-refractivity contribution in [2.75, 3.05) is 17.7 Å². The Kier molecular flexibility index (Phi) is 6.22. The molecular weight excluding hydrogens is 419 g/mol. The Morgan fingerprint density at radius 1 is 1.09 bits per heavy atom. The molecular formula is C26H25FN4O2. The van der Waals surface area contributed by atoms with E-state index in [1.165, 1.54) is 6.07 Å². The Hall–Kier alpha value is -4.00. The Morgan fingerprint density at radius 3 is 2.67 bits per heavy atom. The topological polar surface area (TPSA) is 76.1 Å². The normalized spacial score (nSPS) is 11.0. The Labute approximate surface area is 191 Å². The highest BCUT2D eigenvalue weighted by Crippen LogP contribution is 2.31. The molecule has 0 unspecified atom stereocenters. The van der Waals surface area contributed by atoms with Gasteiger partial charge in [0.1, 0.15) is 11.6 Å². The molecule has 0 aliphatic rings. The molecule has 33 heavy (non-hydrogen) atoms. The van der Waals surface area contributed by atoms with E-state index in [1.807, 2.05) is 39.0 Å². The van der Waals surface area contributed by atoms with E-state index >= 15 is 4.39 Å². The summed E-state index contributed by atoms with van der Waals surface area (Å²) in [5.41, 5.74) is 2.99. The second kappa shape index (κ2) is 9.24. The van der Waals surface area contributed by atoms with Gasteiger partial charge in [-0.25, -0.2) is 14.4 Å². The lowest BCUT2D eigenvalue weighted by Gasteiger charge is -2.14. The van der Waals surface area contributed by atoms with E-state index in [0.717, 1.165) is 16.5 Å². The number of carbonyl (C=O) groups is 1. The van der Waals surface area contributed by atoms with Crippen LogP contribution in [-0.4, -0.2) is 29.0 Å². The molecule has 0 fully saturated rings. The number of aryl methyl sites for hydroxylation is 1. The summed E-state index contributed by atoms with van der Waals surface area (Å²) in [6.07, 6.45) is 1.69. The summed E-state index contributed by atoms with van der Waals surface area (Å²) in [5, 5.41) is 6.45. The fourth-order valence-corrected chi connectivity index (χ4v) is 3.63. The van der Waals surface area contributed by atoms with E-state index < -0.39 is 11.7 Å². The van der Waals surface area contributed by atoms with Crippen LogP contribution in [0.1, 0.15) is 29.8 Å². The summed E-state index contributed by atoms with van der Waals surface area (Å²) >= 11 is 0. The van der Waals surface area contributed by atoms with Gasteiger partial charge in [0, 0.05) is 35.9 Å². The second-order valence-corrected chi connectivity index (χ2v) is 7.98. The van der Waals surface area contributed by atoms with Crippen molar-refractivity contribution in [1.29, 1.82) is 0 Å². The molecule has 2 N–H and O–H groups in total. The first kappa shape index (κ1) is 22.2. The Balaban J connectivity index is 1.67. The molecule has 7 heteroatoms. The molecule has 0 atom stereocenters. The molecule has 4 aromatic rings. The van der Waals surface area contributed by atoms with Crippen LogP contribution in [0, 0.1) is 12.7 Å². The van der Waals surface area contributed by atoms with Crippen LogP contribution >= 0.6 is 0 Å². The number of rotatable bonds is 6. The predicted octanol–water partition coefficient (Wildman–Crippen LogP) is 5.83. The molecule has 0 bridgehead atoms. The van der Waals surface area contributed by atoms with Gasteiger partial charge in [0.2, 0.25) is 5.95 Å². The van der Waals surface area contributed by atoms with Crippen LogP contribution in [0.4, 0.5) is 16.0 Å². The number of hydrogen-bond acceptors (Lipinski definition) is 5. The highest BCUT2D eigenvalue weighted by Gasteiger charge is 2.19. The van der Waals surface area contributed by atoms with E-state index in [2.05, 4.69) is 20.6 Å². The molecule has 0 saturated heterocycles. The van der Waals surface area contributed by atoms with Crippen molar-refractivity contribution in [3.05, 3.63) is 77.7 Å². The van der Waals surface area contributed by atoms with E-state index in [1.54, 1.807) is 43.6 Å². The van der Waals surface area contributed by atoms with Crippen molar-refractivity contribution in [2.45, 2.75) is 26.9 Å². The second-order valence-electron chi connectivity index (χ2n) is 7.98.